The molecule has 1 unspecified atom stereocenters. The lowest BCUT2D eigenvalue weighted by atomic mass is 9.97. The Bertz CT molecular complexity index is 625. The van der Waals surface area contributed by atoms with Crippen LogP contribution in [0.3, 0.4) is 0 Å². The van der Waals surface area contributed by atoms with E-state index >= 15 is 0 Å². The summed E-state index contributed by atoms with van der Waals surface area (Å²) in [4.78, 5) is 3.81. The van der Waals surface area contributed by atoms with E-state index in [9.17, 15) is 22.7 Å². The molecule has 1 aromatic heterocycles. The molecule has 20 heavy (non-hydrogen) atoms. The van der Waals surface area contributed by atoms with Gasteiger partial charge in [-0.1, -0.05) is 0 Å². The molecule has 1 atom stereocenters. The molecule has 0 radical (unpaired) electrons. The SMILES string of the molecule is Cc1ccncc1C(O)c1cc(F)cc(C(F)(F)F)c1. The molecular weight excluding hydrogens is 274 g/mol. The van der Waals surface area contributed by atoms with E-state index in [0.29, 0.717) is 17.2 Å². The summed E-state index contributed by atoms with van der Waals surface area (Å²) in [5.74, 6) is -1.05. The van der Waals surface area contributed by atoms with E-state index < -0.39 is 23.7 Å². The molecule has 2 aromatic rings. The topological polar surface area (TPSA) is 33.1 Å². The van der Waals surface area contributed by atoms with Crippen molar-refractivity contribution >= 4 is 0 Å². The molecule has 1 heterocycles. The molecule has 0 spiro atoms. The predicted molar refractivity (Wildman–Crippen MR) is 64.4 cm³/mol. The Morgan fingerprint density at radius 1 is 1.20 bits per heavy atom. The molecule has 0 saturated carbocycles. The van der Waals surface area contributed by atoms with Gasteiger partial charge in [0.1, 0.15) is 11.9 Å². The summed E-state index contributed by atoms with van der Waals surface area (Å²) in [6.07, 6.45) is -3.18. The molecule has 2 rings (SSSR count). The number of rotatable bonds is 2. The third kappa shape index (κ3) is 2.96. The second kappa shape index (κ2) is 5.20. The van der Waals surface area contributed by atoms with Gasteiger partial charge in [0.05, 0.1) is 5.56 Å². The monoisotopic (exact) mass is 285 g/mol. The van der Waals surface area contributed by atoms with E-state index in [-0.39, 0.29) is 5.56 Å². The van der Waals surface area contributed by atoms with Gasteiger partial charge < -0.3 is 5.11 Å². The van der Waals surface area contributed by atoms with E-state index in [0.717, 1.165) is 12.1 Å². The minimum Gasteiger partial charge on any atom is -0.384 e. The molecular formula is C14H11F4NO. The van der Waals surface area contributed by atoms with Gasteiger partial charge >= 0.3 is 6.18 Å². The van der Waals surface area contributed by atoms with Gasteiger partial charge in [0.25, 0.3) is 0 Å². The molecule has 1 N–H and O–H groups in total. The van der Waals surface area contributed by atoms with Gasteiger partial charge in [0.2, 0.25) is 0 Å². The maximum atomic E-state index is 13.3. The van der Waals surface area contributed by atoms with Gasteiger partial charge in [0, 0.05) is 18.0 Å². The molecule has 0 aliphatic carbocycles. The number of aliphatic hydroxyl groups is 1. The van der Waals surface area contributed by atoms with Crippen LogP contribution in [0, 0.1) is 12.7 Å². The Hall–Kier alpha value is -1.95. The summed E-state index contributed by atoms with van der Waals surface area (Å²) >= 11 is 0. The normalized spacial score (nSPS) is 13.3. The maximum absolute atomic E-state index is 13.3. The van der Waals surface area contributed by atoms with Gasteiger partial charge in [0.15, 0.2) is 0 Å². The number of hydrogen-bond donors (Lipinski definition) is 1. The van der Waals surface area contributed by atoms with Crippen LogP contribution < -0.4 is 0 Å². The minimum atomic E-state index is -4.67. The van der Waals surface area contributed by atoms with Crippen molar-refractivity contribution < 1.29 is 22.7 Å². The first kappa shape index (κ1) is 14.5. The van der Waals surface area contributed by atoms with Crippen LogP contribution in [0.25, 0.3) is 0 Å². The van der Waals surface area contributed by atoms with Crippen molar-refractivity contribution in [2.45, 2.75) is 19.2 Å². The lowest BCUT2D eigenvalue weighted by Crippen LogP contribution is -2.09. The Morgan fingerprint density at radius 2 is 1.90 bits per heavy atom. The molecule has 0 amide bonds. The van der Waals surface area contributed by atoms with Crippen LogP contribution in [-0.4, -0.2) is 10.1 Å². The number of benzene rings is 1. The lowest BCUT2D eigenvalue weighted by Gasteiger charge is -2.16. The predicted octanol–water partition coefficient (Wildman–Crippen LogP) is 3.63. The second-order valence-electron chi connectivity index (χ2n) is 4.41. The third-order valence-electron chi connectivity index (χ3n) is 2.94. The first-order valence-corrected chi connectivity index (χ1v) is 5.75. The summed E-state index contributed by atoms with van der Waals surface area (Å²) in [5, 5.41) is 10.1. The number of nitrogens with zero attached hydrogens (tertiary/aromatic N) is 1. The molecule has 0 aliphatic heterocycles. The fourth-order valence-electron chi connectivity index (χ4n) is 1.88. The number of aliphatic hydroxyl groups excluding tert-OH is 1. The van der Waals surface area contributed by atoms with Crippen molar-refractivity contribution in [3.63, 3.8) is 0 Å². The fraction of sp³-hybridized carbons (Fsp3) is 0.214. The maximum Gasteiger partial charge on any atom is 0.416 e. The highest BCUT2D eigenvalue weighted by Crippen LogP contribution is 2.33. The van der Waals surface area contributed by atoms with Gasteiger partial charge in [-0.15, -0.1) is 0 Å². The fourth-order valence-corrected chi connectivity index (χ4v) is 1.88. The Morgan fingerprint density at radius 3 is 2.50 bits per heavy atom. The van der Waals surface area contributed by atoms with Crippen molar-refractivity contribution in [3.8, 4) is 0 Å². The highest BCUT2D eigenvalue weighted by Gasteiger charge is 2.32. The van der Waals surface area contributed by atoms with E-state index in [1.54, 1.807) is 13.0 Å². The zero-order chi connectivity index (χ0) is 14.9. The van der Waals surface area contributed by atoms with E-state index in [4.69, 9.17) is 0 Å². The van der Waals surface area contributed by atoms with E-state index in [2.05, 4.69) is 4.98 Å². The van der Waals surface area contributed by atoms with Crippen molar-refractivity contribution in [1.29, 1.82) is 0 Å². The smallest absolute Gasteiger partial charge is 0.384 e. The number of hydrogen-bond acceptors (Lipinski definition) is 2. The van der Waals surface area contributed by atoms with Crippen molar-refractivity contribution in [2.24, 2.45) is 0 Å². The largest absolute Gasteiger partial charge is 0.416 e. The highest BCUT2D eigenvalue weighted by atomic mass is 19.4. The zero-order valence-electron chi connectivity index (χ0n) is 10.4. The highest BCUT2D eigenvalue weighted by molar-refractivity contribution is 5.36. The van der Waals surface area contributed by atoms with Gasteiger partial charge in [-0.05, 0) is 42.3 Å². The number of aryl methyl sites for hydroxylation is 1. The molecule has 6 heteroatoms. The Labute approximate surface area is 112 Å². The van der Waals surface area contributed by atoms with Gasteiger partial charge in [-0.3, -0.25) is 4.98 Å². The summed E-state index contributed by atoms with van der Waals surface area (Å²) in [6.45, 7) is 1.68. The van der Waals surface area contributed by atoms with Crippen LogP contribution in [-0.2, 0) is 6.18 Å². The quantitative estimate of drug-likeness (QED) is 0.855. The third-order valence-corrected chi connectivity index (χ3v) is 2.94. The molecule has 2 nitrogen and oxygen atoms in total. The van der Waals surface area contributed by atoms with Crippen LogP contribution in [0.2, 0.25) is 0 Å². The molecule has 106 valence electrons. The molecule has 0 aliphatic rings. The summed E-state index contributed by atoms with van der Waals surface area (Å²) in [5.41, 5.74) is -0.293. The average Bonchev–Trinajstić information content (AvgIpc) is 2.37. The molecule has 1 aromatic carbocycles. The Balaban J connectivity index is 2.48. The number of aromatic nitrogens is 1. The average molecular weight is 285 g/mol. The molecule has 0 fully saturated rings. The van der Waals surface area contributed by atoms with E-state index in [1.807, 2.05) is 0 Å². The summed E-state index contributed by atoms with van der Waals surface area (Å²) in [7, 11) is 0. The van der Waals surface area contributed by atoms with Crippen LogP contribution in [0.5, 0.6) is 0 Å². The lowest BCUT2D eigenvalue weighted by molar-refractivity contribution is -0.137. The number of alkyl halides is 3. The van der Waals surface area contributed by atoms with E-state index in [1.165, 1.54) is 12.4 Å². The van der Waals surface area contributed by atoms with Crippen molar-refractivity contribution in [3.05, 3.63) is 64.7 Å². The van der Waals surface area contributed by atoms with Gasteiger partial charge in [-0.2, -0.15) is 13.2 Å². The van der Waals surface area contributed by atoms with Crippen molar-refractivity contribution in [1.82, 2.24) is 4.98 Å². The zero-order valence-corrected chi connectivity index (χ0v) is 10.4. The van der Waals surface area contributed by atoms with Gasteiger partial charge in [-0.25, -0.2) is 4.39 Å². The summed E-state index contributed by atoms with van der Waals surface area (Å²) in [6, 6.07) is 3.63. The van der Waals surface area contributed by atoms with Crippen LogP contribution in [0.4, 0.5) is 17.6 Å². The van der Waals surface area contributed by atoms with Crippen molar-refractivity contribution in [2.75, 3.05) is 0 Å². The molecule has 0 saturated heterocycles. The minimum absolute atomic E-state index is 0.159. The molecule has 0 bridgehead atoms. The standard InChI is InChI=1S/C14H11F4NO/c1-8-2-3-19-7-12(8)13(20)9-4-10(14(16,17)18)6-11(15)5-9/h2-7,13,20H,1H3. The van der Waals surface area contributed by atoms with Crippen LogP contribution in [0.15, 0.2) is 36.7 Å². The Kier molecular flexibility index (Phi) is 3.76. The second-order valence-corrected chi connectivity index (χ2v) is 4.41. The number of pyridine rings is 1. The van der Waals surface area contributed by atoms with Crippen LogP contribution >= 0.6 is 0 Å². The summed E-state index contributed by atoms with van der Waals surface area (Å²) < 4.78 is 51.2. The van der Waals surface area contributed by atoms with Crippen LogP contribution in [0.1, 0.15) is 28.4 Å². The first-order chi connectivity index (χ1) is 9.29. The first-order valence-electron chi connectivity index (χ1n) is 5.75. The number of halogens is 4.